The molecule has 2 aliphatic rings. The zero-order chi connectivity index (χ0) is 24.4. The van der Waals surface area contributed by atoms with Crippen LogP contribution in [0.25, 0.3) is 0 Å². The first kappa shape index (κ1) is 26.1. The summed E-state index contributed by atoms with van der Waals surface area (Å²) < 4.78 is 5.36. The number of aryl methyl sites for hydroxylation is 1. The normalized spacial score (nSPS) is 17.5. The molecule has 0 aromatic heterocycles. The van der Waals surface area contributed by atoms with Gasteiger partial charge < -0.3 is 9.64 Å². The van der Waals surface area contributed by atoms with Crippen molar-refractivity contribution in [1.29, 1.82) is 0 Å². The van der Waals surface area contributed by atoms with Crippen LogP contribution in [0.5, 0.6) is 5.75 Å². The number of methoxy groups -OCH3 is 1. The Bertz CT molecular complexity index is 1330. The highest BCUT2D eigenvalue weighted by molar-refractivity contribution is 8.14. The van der Waals surface area contributed by atoms with Crippen LogP contribution in [0.3, 0.4) is 0 Å². The number of hydrogen-bond acceptors (Lipinski definition) is 5. The quantitative estimate of drug-likeness (QED) is 0.290. The lowest BCUT2D eigenvalue weighted by atomic mass is 9.96. The molecule has 2 heterocycles. The maximum atomic E-state index is 11.7. The van der Waals surface area contributed by atoms with Crippen LogP contribution in [0.15, 0.2) is 76.8 Å². The third-order valence-electron chi connectivity index (χ3n) is 6.09. The molecular weight excluding hydrogens is 515 g/mol. The van der Waals surface area contributed by atoms with Crippen LogP contribution in [0, 0.1) is 0 Å². The molecule has 3 aromatic carbocycles. The monoisotopic (exact) mass is 540 g/mol. The minimum absolute atomic E-state index is 0. The summed E-state index contributed by atoms with van der Waals surface area (Å²) in [4.78, 5) is 19.0. The number of carbonyl (C=O) groups is 1. The Kier molecular flexibility index (Phi) is 8.24. The highest BCUT2D eigenvalue weighted by Crippen LogP contribution is 2.34. The van der Waals surface area contributed by atoms with E-state index in [1.54, 1.807) is 7.11 Å². The summed E-state index contributed by atoms with van der Waals surface area (Å²) in [6.45, 7) is 2.84. The molecule has 9 heteroatoms. The standard InChI is InChI=1S/C27H25ClN4O2S.ClH/c1-17-25(30-31-27(33)35-17)19-10-12-23-18(15-19)7-6-14-32(23)26(29-21-8-4-3-5-9-21)20-11-13-24(34-2)22(28)16-20;/h3-5,8-13,15-17H,6-7,14H2,1-2H3,(H,31,33);1H. The van der Waals surface area contributed by atoms with Gasteiger partial charge >= 0.3 is 0 Å². The van der Waals surface area contributed by atoms with Crippen molar-refractivity contribution >= 4 is 63.9 Å². The van der Waals surface area contributed by atoms with E-state index in [1.165, 1.54) is 17.3 Å². The molecule has 0 saturated carbocycles. The SMILES string of the molecule is COc1ccc(C(=Nc2ccccc2)N2CCCc3cc(C4=NNC(=O)SC4C)ccc32)cc1Cl.Cl. The van der Waals surface area contributed by atoms with Gasteiger partial charge in [-0.2, -0.15) is 5.10 Å². The first-order valence-electron chi connectivity index (χ1n) is 11.5. The number of anilines is 1. The van der Waals surface area contributed by atoms with Crippen molar-refractivity contribution in [2.24, 2.45) is 10.1 Å². The van der Waals surface area contributed by atoms with Crippen molar-refractivity contribution in [2.75, 3.05) is 18.6 Å². The summed E-state index contributed by atoms with van der Waals surface area (Å²) in [7, 11) is 1.61. The number of thioether (sulfide) groups is 1. The third kappa shape index (κ3) is 5.38. The topological polar surface area (TPSA) is 66.3 Å². The molecule has 186 valence electrons. The van der Waals surface area contributed by atoms with Gasteiger partial charge in [-0.15, -0.1) is 12.4 Å². The highest BCUT2D eigenvalue weighted by Gasteiger charge is 2.26. The van der Waals surface area contributed by atoms with Gasteiger partial charge in [-0.05, 0) is 73.4 Å². The number of amides is 1. The highest BCUT2D eigenvalue weighted by atomic mass is 35.5. The molecule has 1 atom stereocenters. The number of benzene rings is 3. The summed E-state index contributed by atoms with van der Waals surface area (Å²) >= 11 is 7.76. The molecule has 3 aromatic rings. The van der Waals surface area contributed by atoms with E-state index in [0.717, 1.165) is 53.4 Å². The summed E-state index contributed by atoms with van der Waals surface area (Å²) in [6, 6.07) is 22.1. The van der Waals surface area contributed by atoms with Crippen molar-refractivity contribution in [1.82, 2.24) is 5.43 Å². The van der Waals surface area contributed by atoms with E-state index in [1.807, 2.05) is 55.5 Å². The second kappa shape index (κ2) is 11.4. The molecule has 0 fully saturated rings. The van der Waals surface area contributed by atoms with Gasteiger partial charge in [0, 0.05) is 17.8 Å². The largest absolute Gasteiger partial charge is 0.495 e. The van der Waals surface area contributed by atoms with Gasteiger partial charge in [-0.3, -0.25) is 4.79 Å². The molecule has 36 heavy (non-hydrogen) atoms. The molecule has 0 saturated heterocycles. The number of nitrogens with one attached hydrogen (secondary N) is 1. The van der Waals surface area contributed by atoms with Crippen LogP contribution < -0.4 is 15.1 Å². The number of carbonyl (C=O) groups excluding carboxylic acids is 1. The van der Waals surface area contributed by atoms with E-state index in [4.69, 9.17) is 21.3 Å². The molecule has 1 unspecified atom stereocenters. The number of hydrazone groups is 1. The lowest BCUT2D eigenvalue weighted by Crippen LogP contribution is -2.36. The molecule has 6 nitrogen and oxygen atoms in total. The van der Waals surface area contributed by atoms with E-state index in [9.17, 15) is 4.79 Å². The minimum Gasteiger partial charge on any atom is -0.495 e. The van der Waals surface area contributed by atoms with Crippen molar-refractivity contribution < 1.29 is 9.53 Å². The van der Waals surface area contributed by atoms with Gasteiger partial charge in [0.15, 0.2) is 0 Å². The van der Waals surface area contributed by atoms with Crippen LogP contribution >= 0.6 is 35.8 Å². The minimum atomic E-state index is -0.120. The molecule has 0 spiro atoms. The van der Waals surface area contributed by atoms with Gasteiger partial charge in [0.1, 0.15) is 11.6 Å². The van der Waals surface area contributed by atoms with Crippen LogP contribution in [0.2, 0.25) is 5.02 Å². The average molecular weight is 542 g/mol. The number of hydrogen-bond donors (Lipinski definition) is 1. The molecule has 1 amide bonds. The number of ether oxygens (including phenoxy) is 1. The maximum absolute atomic E-state index is 11.7. The van der Waals surface area contributed by atoms with Crippen molar-refractivity contribution in [3.8, 4) is 5.75 Å². The first-order valence-corrected chi connectivity index (χ1v) is 12.7. The van der Waals surface area contributed by atoms with Gasteiger partial charge in [0.25, 0.3) is 5.24 Å². The van der Waals surface area contributed by atoms with Gasteiger partial charge in [-0.1, -0.05) is 47.6 Å². The Morgan fingerprint density at radius 1 is 1.17 bits per heavy atom. The lowest BCUT2D eigenvalue weighted by molar-refractivity contribution is 0.261. The van der Waals surface area contributed by atoms with Crippen LogP contribution in [-0.2, 0) is 6.42 Å². The summed E-state index contributed by atoms with van der Waals surface area (Å²) in [5, 5.41) is 4.75. The molecule has 2 aliphatic heterocycles. The molecule has 5 rings (SSSR count). The van der Waals surface area contributed by atoms with Crippen LogP contribution in [-0.4, -0.2) is 35.7 Å². The predicted molar refractivity (Wildman–Crippen MR) is 152 cm³/mol. The Morgan fingerprint density at radius 2 is 1.97 bits per heavy atom. The Morgan fingerprint density at radius 3 is 2.69 bits per heavy atom. The van der Waals surface area contributed by atoms with E-state index in [2.05, 4.69) is 33.6 Å². The van der Waals surface area contributed by atoms with Crippen LogP contribution in [0.1, 0.15) is 30.0 Å². The molecule has 0 aliphatic carbocycles. The number of para-hydroxylation sites is 1. The number of amidine groups is 1. The third-order valence-corrected chi connectivity index (χ3v) is 7.26. The zero-order valence-corrected chi connectivity index (χ0v) is 22.3. The molecule has 1 N–H and O–H groups in total. The first-order chi connectivity index (χ1) is 17.0. The maximum Gasteiger partial charge on any atom is 0.299 e. The summed E-state index contributed by atoms with van der Waals surface area (Å²) in [5.41, 5.74) is 8.63. The van der Waals surface area contributed by atoms with E-state index in [-0.39, 0.29) is 22.9 Å². The zero-order valence-electron chi connectivity index (χ0n) is 19.9. The number of halogens is 2. The molecular formula is C27H26Cl2N4O2S. The van der Waals surface area contributed by atoms with Crippen molar-refractivity contribution in [2.45, 2.75) is 25.0 Å². The fourth-order valence-corrected chi connectivity index (χ4v) is 5.40. The summed E-state index contributed by atoms with van der Waals surface area (Å²) in [6.07, 6.45) is 1.95. The predicted octanol–water partition coefficient (Wildman–Crippen LogP) is 6.85. The number of aliphatic imine (C=N–C) groups is 1. The fourth-order valence-electron chi connectivity index (χ4n) is 4.43. The Balaban J connectivity index is 0.00000304. The Hall–Kier alpha value is -3.00. The average Bonchev–Trinajstić information content (AvgIpc) is 2.87. The molecule has 0 radical (unpaired) electrons. The number of rotatable bonds is 4. The fraction of sp³-hybridized carbons (Fsp3) is 0.222. The van der Waals surface area contributed by atoms with Gasteiger partial charge in [0.2, 0.25) is 0 Å². The van der Waals surface area contributed by atoms with E-state index in [0.29, 0.717) is 10.8 Å². The van der Waals surface area contributed by atoms with Crippen molar-refractivity contribution in [3.05, 3.63) is 88.4 Å². The van der Waals surface area contributed by atoms with Crippen LogP contribution in [0.4, 0.5) is 16.2 Å². The van der Waals surface area contributed by atoms with E-state index < -0.39 is 0 Å². The number of nitrogens with zero attached hydrogens (tertiary/aromatic N) is 3. The summed E-state index contributed by atoms with van der Waals surface area (Å²) in [5.74, 6) is 1.46. The van der Waals surface area contributed by atoms with Crippen molar-refractivity contribution in [3.63, 3.8) is 0 Å². The second-order valence-corrected chi connectivity index (χ2v) is 10.1. The lowest BCUT2D eigenvalue weighted by Gasteiger charge is -2.33. The van der Waals surface area contributed by atoms with Gasteiger partial charge in [0.05, 0.1) is 28.8 Å². The van der Waals surface area contributed by atoms with E-state index >= 15 is 0 Å². The number of fused-ring (bicyclic) bond motifs is 1. The van der Waals surface area contributed by atoms with Gasteiger partial charge in [-0.25, -0.2) is 10.4 Å². The Labute approximate surface area is 226 Å². The smallest absolute Gasteiger partial charge is 0.299 e. The molecule has 0 bridgehead atoms. The second-order valence-electron chi connectivity index (χ2n) is 8.38.